The maximum absolute atomic E-state index is 13.1. The smallest absolute Gasteiger partial charge is 0.308 e. The lowest BCUT2D eigenvalue weighted by Crippen LogP contribution is -2.30. The largest absolute Gasteiger partial charge is 0.481 e. The van der Waals surface area contributed by atoms with Gasteiger partial charge < -0.3 is 5.11 Å². The van der Waals surface area contributed by atoms with Gasteiger partial charge in [-0.25, -0.2) is 17.2 Å². The number of sulfonamides is 1. The fraction of sp³-hybridized carbons (Fsp3) is 0.417. The minimum Gasteiger partial charge on any atom is -0.481 e. The van der Waals surface area contributed by atoms with Gasteiger partial charge in [0.15, 0.2) is 11.6 Å². The molecule has 1 aliphatic rings. The molecular formula is C12H13F2NO4S. The van der Waals surface area contributed by atoms with E-state index in [1.807, 2.05) is 0 Å². The molecule has 0 radical (unpaired) electrons. The number of nitrogens with zero attached hydrogens (tertiary/aromatic N) is 1. The van der Waals surface area contributed by atoms with Crippen LogP contribution in [0.2, 0.25) is 0 Å². The van der Waals surface area contributed by atoms with Crippen molar-refractivity contribution >= 4 is 16.0 Å². The molecule has 2 unspecified atom stereocenters. The van der Waals surface area contributed by atoms with Crippen LogP contribution in [-0.4, -0.2) is 36.9 Å². The molecule has 2 rings (SSSR count). The van der Waals surface area contributed by atoms with Gasteiger partial charge in [-0.3, -0.25) is 4.79 Å². The fourth-order valence-corrected chi connectivity index (χ4v) is 3.81. The second-order valence-electron chi connectivity index (χ2n) is 4.82. The monoisotopic (exact) mass is 305 g/mol. The number of carboxylic acid groups (broad SMARTS) is 1. The van der Waals surface area contributed by atoms with E-state index in [-0.39, 0.29) is 23.9 Å². The summed E-state index contributed by atoms with van der Waals surface area (Å²) < 4.78 is 51.5. The van der Waals surface area contributed by atoms with Gasteiger partial charge in [0.2, 0.25) is 10.0 Å². The van der Waals surface area contributed by atoms with Crippen molar-refractivity contribution in [3.8, 4) is 0 Å². The van der Waals surface area contributed by atoms with Crippen molar-refractivity contribution in [3.05, 3.63) is 29.8 Å². The van der Waals surface area contributed by atoms with Gasteiger partial charge in [-0.05, 0) is 24.1 Å². The van der Waals surface area contributed by atoms with Crippen molar-refractivity contribution < 1.29 is 27.1 Å². The van der Waals surface area contributed by atoms with E-state index < -0.39 is 33.5 Å². The summed E-state index contributed by atoms with van der Waals surface area (Å²) in [5, 5.41) is 8.99. The minimum atomic E-state index is -4.01. The van der Waals surface area contributed by atoms with Gasteiger partial charge >= 0.3 is 5.97 Å². The highest BCUT2D eigenvalue weighted by Crippen LogP contribution is 2.29. The normalized spacial score (nSPS) is 23.9. The summed E-state index contributed by atoms with van der Waals surface area (Å²) >= 11 is 0. The lowest BCUT2D eigenvalue weighted by molar-refractivity contribution is -0.142. The Labute approximate surface area is 114 Å². The van der Waals surface area contributed by atoms with E-state index in [0.29, 0.717) is 6.07 Å². The molecule has 0 aliphatic carbocycles. The van der Waals surface area contributed by atoms with Crippen LogP contribution in [0, 0.1) is 23.5 Å². The Hall–Kier alpha value is -1.54. The summed E-state index contributed by atoms with van der Waals surface area (Å²) in [4.78, 5) is 10.6. The van der Waals surface area contributed by atoms with Crippen molar-refractivity contribution in [1.29, 1.82) is 0 Å². The first-order valence-electron chi connectivity index (χ1n) is 5.91. The Morgan fingerprint density at radius 2 is 1.95 bits per heavy atom. The third-order valence-electron chi connectivity index (χ3n) is 3.42. The fourth-order valence-electron chi connectivity index (χ4n) is 2.23. The average molecular weight is 305 g/mol. The molecule has 0 spiro atoms. The van der Waals surface area contributed by atoms with E-state index in [4.69, 9.17) is 5.11 Å². The van der Waals surface area contributed by atoms with Crippen molar-refractivity contribution in [2.75, 3.05) is 13.1 Å². The number of benzene rings is 1. The first-order chi connectivity index (χ1) is 9.23. The Bertz CT molecular complexity index is 647. The van der Waals surface area contributed by atoms with Gasteiger partial charge in [-0.2, -0.15) is 4.31 Å². The zero-order valence-corrected chi connectivity index (χ0v) is 11.4. The molecule has 1 heterocycles. The zero-order chi connectivity index (χ0) is 15.1. The van der Waals surface area contributed by atoms with E-state index in [2.05, 4.69) is 0 Å². The maximum Gasteiger partial charge on any atom is 0.308 e. The third kappa shape index (κ3) is 2.53. The lowest BCUT2D eigenvalue weighted by Gasteiger charge is -2.16. The number of hydrogen-bond donors (Lipinski definition) is 1. The van der Waals surface area contributed by atoms with Gasteiger partial charge in [0.05, 0.1) is 10.8 Å². The minimum absolute atomic E-state index is 0.0400. The number of rotatable bonds is 3. The first kappa shape index (κ1) is 14.9. The molecule has 110 valence electrons. The van der Waals surface area contributed by atoms with Gasteiger partial charge in [-0.1, -0.05) is 6.92 Å². The molecule has 1 aliphatic heterocycles. The van der Waals surface area contributed by atoms with Crippen LogP contribution >= 0.6 is 0 Å². The van der Waals surface area contributed by atoms with Crippen LogP contribution in [0.3, 0.4) is 0 Å². The van der Waals surface area contributed by atoms with Crippen LogP contribution in [0.4, 0.5) is 8.78 Å². The van der Waals surface area contributed by atoms with E-state index in [0.717, 1.165) is 16.4 Å². The van der Waals surface area contributed by atoms with Gasteiger partial charge in [0.25, 0.3) is 0 Å². The molecular weight excluding hydrogens is 292 g/mol. The van der Waals surface area contributed by atoms with E-state index in [1.54, 1.807) is 6.92 Å². The Morgan fingerprint density at radius 3 is 2.45 bits per heavy atom. The second-order valence-corrected chi connectivity index (χ2v) is 6.76. The quantitative estimate of drug-likeness (QED) is 0.913. The van der Waals surface area contributed by atoms with Crippen LogP contribution in [0.1, 0.15) is 6.92 Å². The van der Waals surface area contributed by atoms with Crippen LogP contribution in [-0.2, 0) is 14.8 Å². The number of carbonyl (C=O) groups is 1. The highest BCUT2D eigenvalue weighted by atomic mass is 32.2. The number of hydrogen-bond acceptors (Lipinski definition) is 3. The third-order valence-corrected chi connectivity index (χ3v) is 5.25. The summed E-state index contributed by atoms with van der Waals surface area (Å²) in [7, 11) is -4.01. The number of aliphatic carboxylic acids is 1. The molecule has 2 atom stereocenters. The molecule has 1 saturated heterocycles. The van der Waals surface area contributed by atoms with Crippen molar-refractivity contribution in [2.45, 2.75) is 11.8 Å². The Balaban J connectivity index is 2.32. The molecule has 20 heavy (non-hydrogen) atoms. The van der Waals surface area contributed by atoms with Crippen molar-refractivity contribution in [2.24, 2.45) is 11.8 Å². The van der Waals surface area contributed by atoms with Crippen molar-refractivity contribution in [3.63, 3.8) is 0 Å². The summed E-state index contributed by atoms with van der Waals surface area (Å²) in [5.41, 5.74) is 0. The van der Waals surface area contributed by atoms with E-state index >= 15 is 0 Å². The van der Waals surface area contributed by atoms with Crippen molar-refractivity contribution in [1.82, 2.24) is 4.31 Å². The molecule has 1 aromatic rings. The van der Waals surface area contributed by atoms with Gasteiger partial charge in [0, 0.05) is 13.1 Å². The van der Waals surface area contributed by atoms with Gasteiger partial charge in [-0.15, -0.1) is 0 Å². The predicted octanol–water partition coefficient (Wildman–Crippen LogP) is 1.31. The molecule has 5 nitrogen and oxygen atoms in total. The molecule has 8 heteroatoms. The molecule has 0 amide bonds. The Morgan fingerprint density at radius 1 is 1.30 bits per heavy atom. The molecule has 0 bridgehead atoms. The Kier molecular flexibility index (Phi) is 3.79. The average Bonchev–Trinajstić information content (AvgIpc) is 2.75. The summed E-state index contributed by atoms with van der Waals surface area (Å²) in [6.45, 7) is 1.51. The molecule has 0 aromatic heterocycles. The molecule has 1 fully saturated rings. The van der Waals surface area contributed by atoms with Crippen LogP contribution < -0.4 is 0 Å². The standard InChI is InChI=1S/C12H13F2NO4S/c1-7-5-15(6-9(7)12(16)17)20(18,19)8-2-3-10(13)11(14)4-8/h2-4,7,9H,5-6H2,1H3,(H,16,17). The topological polar surface area (TPSA) is 74.7 Å². The molecule has 1 N–H and O–H groups in total. The molecule has 0 saturated carbocycles. The maximum atomic E-state index is 13.1. The van der Waals surface area contributed by atoms with Crippen LogP contribution in [0.15, 0.2) is 23.1 Å². The number of carboxylic acids is 1. The SMILES string of the molecule is CC1CN(S(=O)(=O)c2ccc(F)c(F)c2)CC1C(=O)O. The van der Waals surface area contributed by atoms with Gasteiger partial charge in [0.1, 0.15) is 0 Å². The second kappa shape index (κ2) is 5.10. The zero-order valence-electron chi connectivity index (χ0n) is 10.6. The summed E-state index contributed by atoms with van der Waals surface area (Å²) in [5.74, 6) is -4.60. The highest BCUT2D eigenvalue weighted by molar-refractivity contribution is 7.89. The summed E-state index contributed by atoms with van der Waals surface area (Å²) in [6.07, 6.45) is 0. The highest BCUT2D eigenvalue weighted by Gasteiger charge is 2.40. The lowest BCUT2D eigenvalue weighted by atomic mass is 9.99. The predicted molar refractivity (Wildman–Crippen MR) is 65.4 cm³/mol. The summed E-state index contributed by atoms with van der Waals surface area (Å²) in [6, 6.07) is 2.30. The van der Waals surface area contributed by atoms with E-state index in [9.17, 15) is 22.0 Å². The van der Waals surface area contributed by atoms with E-state index in [1.165, 1.54) is 0 Å². The van der Waals surface area contributed by atoms with Crippen LogP contribution in [0.5, 0.6) is 0 Å². The molecule has 1 aromatic carbocycles. The number of halogens is 2. The first-order valence-corrected chi connectivity index (χ1v) is 7.35. The van der Waals surface area contributed by atoms with Crippen LogP contribution in [0.25, 0.3) is 0 Å².